The van der Waals surface area contributed by atoms with Crippen LogP contribution in [0.3, 0.4) is 0 Å². The molecule has 0 bridgehead atoms. The standard InChI is InChI=1S/C5H9F3O/c1-5(7,8)4(6)2-3-9/h4,9H,2-3H2,1H3. The second-order valence-corrected chi connectivity index (χ2v) is 1.94. The third-order valence-corrected chi connectivity index (χ3v) is 0.933. The number of halogens is 3. The van der Waals surface area contributed by atoms with Gasteiger partial charge in [-0.2, -0.15) is 0 Å². The molecule has 1 nitrogen and oxygen atoms in total. The van der Waals surface area contributed by atoms with E-state index >= 15 is 0 Å². The molecule has 0 heterocycles. The summed E-state index contributed by atoms with van der Waals surface area (Å²) < 4.78 is 35.6. The number of hydrogen-bond acceptors (Lipinski definition) is 1. The van der Waals surface area contributed by atoms with E-state index in [1.54, 1.807) is 0 Å². The number of aliphatic hydroxyl groups excluding tert-OH is 1. The summed E-state index contributed by atoms with van der Waals surface area (Å²) in [6.45, 7) is -0.0437. The summed E-state index contributed by atoms with van der Waals surface area (Å²) in [4.78, 5) is 0. The van der Waals surface area contributed by atoms with Crippen LogP contribution < -0.4 is 0 Å². The Kier molecular flexibility index (Phi) is 2.97. The lowest BCUT2D eigenvalue weighted by atomic mass is 10.2. The Morgan fingerprint density at radius 3 is 2.11 bits per heavy atom. The quantitative estimate of drug-likeness (QED) is 0.630. The van der Waals surface area contributed by atoms with Crippen molar-refractivity contribution >= 4 is 0 Å². The van der Waals surface area contributed by atoms with Gasteiger partial charge in [0.1, 0.15) is 0 Å². The van der Waals surface area contributed by atoms with Gasteiger partial charge in [-0.3, -0.25) is 0 Å². The van der Waals surface area contributed by atoms with Crippen molar-refractivity contribution in [3.8, 4) is 0 Å². The molecule has 0 aromatic carbocycles. The van der Waals surface area contributed by atoms with E-state index in [4.69, 9.17) is 5.11 Å². The summed E-state index contributed by atoms with van der Waals surface area (Å²) >= 11 is 0. The fraction of sp³-hybridized carbons (Fsp3) is 1.00. The van der Waals surface area contributed by atoms with Crippen LogP contribution in [-0.2, 0) is 0 Å². The summed E-state index contributed by atoms with van der Waals surface area (Å²) in [5.41, 5.74) is 0. The Labute approximate surface area is 51.5 Å². The summed E-state index contributed by atoms with van der Waals surface area (Å²) in [5.74, 6) is -3.32. The van der Waals surface area contributed by atoms with Crippen molar-refractivity contribution in [1.82, 2.24) is 0 Å². The highest BCUT2D eigenvalue weighted by molar-refractivity contribution is 4.70. The molecule has 0 aromatic heterocycles. The maximum atomic E-state index is 12.0. The van der Waals surface area contributed by atoms with Crippen LogP contribution in [0.25, 0.3) is 0 Å². The minimum absolute atomic E-state index is 0.493. The van der Waals surface area contributed by atoms with Crippen molar-refractivity contribution in [1.29, 1.82) is 0 Å². The molecule has 0 saturated carbocycles. The van der Waals surface area contributed by atoms with Gasteiger partial charge in [-0.15, -0.1) is 0 Å². The molecule has 0 rings (SSSR count). The molecule has 0 radical (unpaired) electrons. The highest BCUT2D eigenvalue weighted by Crippen LogP contribution is 2.22. The molecule has 1 N–H and O–H groups in total. The van der Waals surface area contributed by atoms with E-state index in [-0.39, 0.29) is 0 Å². The molecule has 0 aromatic rings. The van der Waals surface area contributed by atoms with Crippen LogP contribution in [0.15, 0.2) is 0 Å². The number of hydrogen-bond donors (Lipinski definition) is 1. The van der Waals surface area contributed by atoms with Gasteiger partial charge in [-0.25, -0.2) is 13.2 Å². The zero-order chi connectivity index (χ0) is 7.49. The van der Waals surface area contributed by atoms with Crippen LogP contribution in [-0.4, -0.2) is 23.8 Å². The first-order valence-corrected chi connectivity index (χ1v) is 2.61. The van der Waals surface area contributed by atoms with E-state index in [1.165, 1.54) is 0 Å². The van der Waals surface area contributed by atoms with Gasteiger partial charge < -0.3 is 5.11 Å². The molecule has 0 saturated heterocycles. The van der Waals surface area contributed by atoms with Gasteiger partial charge in [0.25, 0.3) is 5.92 Å². The molecule has 0 fully saturated rings. The Morgan fingerprint density at radius 1 is 1.56 bits per heavy atom. The molecule has 0 aliphatic carbocycles. The van der Waals surface area contributed by atoms with Gasteiger partial charge in [0.15, 0.2) is 6.17 Å². The summed E-state index contributed by atoms with van der Waals surface area (Å²) in [6, 6.07) is 0. The number of alkyl halides is 3. The van der Waals surface area contributed by atoms with Crippen molar-refractivity contribution in [3.63, 3.8) is 0 Å². The van der Waals surface area contributed by atoms with E-state index in [1.807, 2.05) is 0 Å². The molecular formula is C5H9F3O. The van der Waals surface area contributed by atoms with E-state index in [2.05, 4.69) is 0 Å². The average Bonchev–Trinajstić information content (AvgIpc) is 1.64. The first-order chi connectivity index (χ1) is 3.98. The second-order valence-electron chi connectivity index (χ2n) is 1.94. The van der Waals surface area contributed by atoms with Crippen LogP contribution in [0.5, 0.6) is 0 Å². The van der Waals surface area contributed by atoms with Crippen LogP contribution in [0.1, 0.15) is 13.3 Å². The lowest BCUT2D eigenvalue weighted by molar-refractivity contribution is -0.0622. The van der Waals surface area contributed by atoms with Crippen molar-refractivity contribution in [2.45, 2.75) is 25.4 Å². The molecule has 0 aliphatic heterocycles. The highest BCUT2D eigenvalue weighted by atomic mass is 19.3. The van der Waals surface area contributed by atoms with Crippen molar-refractivity contribution in [2.75, 3.05) is 6.61 Å². The fourth-order valence-electron chi connectivity index (χ4n) is 0.367. The maximum absolute atomic E-state index is 12.0. The van der Waals surface area contributed by atoms with E-state index in [9.17, 15) is 13.2 Å². The minimum atomic E-state index is -3.32. The Balaban J connectivity index is 3.59. The van der Waals surface area contributed by atoms with Gasteiger partial charge in [-0.1, -0.05) is 0 Å². The molecule has 1 atom stereocenters. The van der Waals surface area contributed by atoms with Gasteiger partial charge in [0, 0.05) is 20.0 Å². The minimum Gasteiger partial charge on any atom is -0.396 e. The average molecular weight is 142 g/mol. The zero-order valence-corrected chi connectivity index (χ0v) is 5.07. The Morgan fingerprint density at radius 2 is 2.00 bits per heavy atom. The second kappa shape index (κ2) is 3.06. The Hall–Kier alpha value is -0.250. The molecule has 0 spiro atoms. The van der Waals surface area contributed by atoms with Gasteiger partial charge in [0.05, 0.1) is 0 Å². The zero-order valence-electron chi connectivity index (χ0n) is 5.07. The molecule has 4 heteroatoms. The Bertz CT molecular complexity index is 78.8. The highest BCUT2D eigenvalue weighted by Gasteiger charge is 2.33. The van der Waals surface area contributed by atoms with Crippen LogP contribution in [0.4, 0.5) is 13.2 Å². The van der Waals surface area contributed by atoms with E-state index in [0.717, 1.165) is 0 Å². The number of aliphatic hydroxyl groups is 1. The third-order valence-electron chi connectivity index (χ3n) is 0.933. The van der Waals surface area contributed by atoms with Crippen molar-refractivity contribution in [3.05, 3.63) is 0 Å². The lowest BCUT2D eigenvalue weighted by Gasteiger charge is -2.13. The maximum Gasteiger partial charge on any atom is 0.276 e. The van der Waals surface area contributed by atoms with Gasteiger partial charge in [0.2, 0.25) is 0 Å². The topological polar surface area (TPSA) is 20.2 Å². The van der Waals surface area contributed by atoms with Crippen LogP contribution >= 0.6 is 0 Å². The largest absolute Gasteiger partial charge is 0.396 e. The van der Waals surface area contributed by atoms with Crippen molar-refractivity contribution in [2.24, 2.45) is 0 Å². The predicted octanol–water partition coefficient (Wildman–Crippen LogP) is 1.36. The number of rotatable bonds is 3. The van der Waals surface area contributed by atoms with E-state index in [0.29, 0.717) is 6.92 Å². The lowest BCUT2D eigenvalue weighted by Crippen LogP contribution is -2.26. The van der Waals surface area contributed by atoms with Gasteiger partial charge >= 0.3 is 0 Å². The van der Waals surface area contributed by atoms with Crippen LogP contribution in [0, 0.1) is 0 Å². The SMILES string of the molecule is CC(F)(F)C(F)CCO. The summed E-state index contributed by atoms with van der Waals surface area (Å²) in [7, 11) is 0. The van der Waals surface area contributed by atoms with Gasteiger partial charge in [-0.05, 0) is 0 Å². The van der Waals surface area contributed by atoms with Crippen LogP contribution in [0.2, 0.25) is 0 Å². The summed E-state index contributed by atoms with van der Waals surface area (Å²) in [5, 5.41) is 8.03. The smallest absolute Gasteiger partial charge is 0.276 e. The molecule has 1 unspecified atom stereocenters. The first-order valence-electron chi connectivity index (χ1n) is 2.61. The predicted molar refractivity (Wildman–Crippen MR) is 27.2 cm³/mol. The summed E-state index contributed by atoms with van der Waals surface area (Å²) in [6.07, 6.45) is -2.72. The molecular weight excluding hydrogens is 133 g/mol. The fourth-order valence-corrected chi connectivity index (χ4v) is 0.367. The first kappa shape index (κ1) is 8.75. The van der Waals surface area contributed by atoms with Crippen molar-refractivity contribution < 1.29 is 18.3 Å². The molecule has 9 heavy (non-hydrogen) atoms. The molecule has 56 valence electrons. The molecule has 0 amide bonds. The molecule has 0 aliphatic rings. The monoisotopic (exact) mass is 142 g/mol. The van der Waals surface area contributed by atoms with E-state index < -0.39 is 25.1 Å². The third kappa shape index (κ3) is 3.35. The normalized spacial score (nSPS) is 15.7.